The van der Waals surface area contributed by atoms with Gasteiger partial charge in [-0.25, -0.2) is 27.1 Å². The van der Waals surface area contributed by atoms with Gasteiger partial charge in [-0.05, 0) is 30.7 Å². The van der Waals surface area contributed by atoms with Gasteiger partial charge in [0.15, 0.2) is 5.65 Å². The quantitative estimate of drug-likeness (QED) is 0.572. The molecule has 0 aliphatic heterocycles. The molecule has 0 spiro atoms. The van der Waals surface area contributed by atoms with Crippen LogP contribution in [0, 0.1) is 11.8 Å². The molecule has 182 valence electrons. The molecule has 2 aromatic heterocycles. The number of hydrogen-bond donors (Lipinski definition) is 2. The van der Waals surface area contributed by atoms with Gasteiger partial charge < -0.3 is 15.8 Å². The molecule has 2 fully saturated rings. The van der Waals surface area contributed by atoms with Gasteiger partial charge in [0.2, 0.25) is 17.8 Å². The molecule has 3 N–H and O–H groups in total. The molecular weight excluding hydrogens is 442 g/mol. The van der Waals surface area contributed by atoms with Crippen LogP contribution in [0.1, 0.15) is 68.3 Å². The summed E-state index contributed by atoms with van der Waals surface area (Å²) in [5.41, 5.74) is 8.08. The monoisotopic (exact) mass is 471 g/mol. The number of halogens is 4. The Morgan fingerprint density at radius 1 is 1.27 bits per heavy atom. The highest BCUT2D eigenvalue weighted by Gasteiger charge is 2.45. The van der Waals surface area contributed by atoms with Gasteiger partial charge in [-0.15, -0.1) is 0 Å². The molecule has 4 rings (SSSR count). The minimum atomic E-state index is -2.66. The van der Waals surface area contributed by atoms with E-state index in [-0.39, 0.29) is 56.5 Å². The minimum absolute atomic E-state index is 0.0360. The summed E-state index contributed by atoms with van der Waals surface area (Å²) in [6, 6.07) is 0.760. The van der Waals surface area contributed by atoms with Gasteiger partial charge >= 0.3 is 0 Å². The Bertz CT molecular complexity index is 980. The van der Waals surface area contributed by atoms with Crippen molar-refractivity contribution in [1.82, 2.24) is 19.9 Å². The molecule has 7 nitrogen and oxygen atoms in total. The number of ether oxygens (including phenoxy) is 1. The summed E-state index contributed by atoms with van der Waals surface area (Å²) in [4.78, 5) is 16.9. The first kappa shape index (κ1) is 23.9. The zero-order chi connectivity index (χ0) is 23.8. The highest BCUT2D eigenvalue weighted by Crippen LogP contribution is 2.44. The van der Waals surface area contributed by atoms with E-state index >= 15 is 0 Å². The summed E-state index contributed by atoms with van der Waals surface area (Å²) in [6.07, 6.45) is 3.12. The molecule has 1 amide bonds. The fourth-order valence-electron chi connectivity index (χ4n) is 4.76. The Morgan fingerprint density at radius 2 is 1.97 bits per heavy atom. The number of amides is 1. The highest BCUT2D eigenvalue weighted by atomic mass is 19.3. The highest BCUT2D eigenvalue weighted by molar-refractivity contribution is 5.77. The van der Waals surface area contributed by atoms with E-state index in [1.165, 1.54) is 7.11 Å². The van der Waals surface area contributed by atoms with Crippen molar-refractivity contribution in [2.45, 2.75) is 68.9 Å². The summed E-state index contributed by atoms with van der Waals surface area (Å²) in [7, 11) is 1.50. The second-order valence-electron chi connectivity index (χ2n) is 9.39. The first-order valence-electron chi connectivity index (χ1n) is 11.2. The van der Waals surface area contributed by atoms with Crippen molar-refractivity contribution in [2.75, 3.05) is 13.7 Å². The van der Waals surface area contributed by atoms with Crippen LogP contribution in [0.5, 0.6) is 0 Å². The number of carbonyl (C=O) groups excluding carboxylic acids is 1. The van der Waals surface area contributed by atoms with Gasteiger partial charge in [0.25, 0.3) is 0 Å². The van der Waals surface area contributed by atoms with Crippen LogP contribution >= 0.6 is 0 Å². The molecule has 0 unspecified atom stereocenters. The minimum Gasteiger partial charge on any atom is -0.382 e. The van der Waals surface area contributed by atoms with Crippen molar-refractivity contribution in [3.63, 3.8) is 0 Å². The van der Waals surface area contributed by atoms with Crippen LogP contribution in [0.3, 0.4) is 0 Å². The molecule has 2 aliphatic carbocycles. The number of aromatic nitrogens is 3. The summed E-state index contributed by atoms with van der Waals surface area (Å²) in [6.45, 7) is 0.174. The van der Waals surface area contributed by atoms with E-state index in [0.717, 1.165) is 0 Å². The van der Waals surface area contributed by atoms with Crippen molar-refractivity contribution in [3.8, 4) is 0 Å². The zero-order valence-corrected chi connectivity index (χ0v) is 18.4. The maximum Gasteiger partial charge on any atom is 0.248 e. The van der Waals surface area contributed by atoms with Crippen molar-refractivity contribution < 1.29 is 27.1 Å². The van der Waals surface area contributed by atoms with Crippen LogP contribution in [0.2, 0.25) is 0 Å². The smallest absolute Gasteiger partial charge is 0.248 e. The number of rotatable bonds is 8. The Morgan fingerprint density at radius 3 is 2.61 bits per heavy atom. The lowest BCUT2D eigenvalue weighted by Crippen LogP contribution is -2.40. The number of imidazole rings is 1. The number of methoxy groups -OCH3 is 1. The zero-order valence-electron chi connectivity index (χ0n) is 18.4. The summed E-state index contributed by atoms with van der Waals surface area (Å²) < 4.78 is 59.8. The van der Waals surface area contributed by atoms with E-state index in [4.69, 9.17) is 10.5 Å². The second kappa shape index (κ2) is 9.17. The van der Waals surface area contributed by atoms with Crippen LogP contribution in [-0.2, 0) is 9.53 Å². The Hall–Kier alpha value is -2.27. The number of nitrogens with one attached hydrogen (secondary N) is 1. The third-order valence-electron chi connectivity index (χ3n) is 6.69. The number of nitrogens with zero attached hydrogens (tertiary/aromatic N) is 3. The molecule has 0 bridgehead atoms. The van der Waals surface area contributed by atoms with E-state index in [1.807, 2.05) is 0 Å². The average Bonchev–Trinajstić information content (AvgIpc) is 3.15. The van der Waals surface area contributed by atoms with Crippen molar-refractivity contribution >= 4 is 11.6 Å². The average molecular weight is 471 g/mol. The van der Waals surface area contributed by atoms with Crippen molar-refractivity contribution in [2.24, 2.45) is 17.6 Å². The van der Waals surface area contributed by atoms with Gasteiger partial charge in [0.05, 0.1) is 36.8 Å². The lowest BCUT2D eigenvalue weighted by atomic mass is 9.79. The van der Waals surface area contributed by atoms with Gasteiger partial charge in [0, 0.05) is 44.8 Å². The standard InChI is InChI=1S/C22H29F4N5O2/c1-33-12-17(30-19(32)6-13-8-22(25,26)9-13)15-7-18-29-16(11-31(18)28-10-15)20(27)14-2-4-21(23,24)5-3-14/h7,10-11,13-14,17,20H,2-6,8-9,12,27H2,1H3,(H,30,32)/t17-,20+/m1/s1. The molecule has 0 aromatic carbocycles. The molecule has 2 atom stereocenters. The fraction of sp³-hybridized carbons (Fsp3) is 0.682. The van der Waals surface area contributed by atoms with E-state index in [1.54, 1.807) is 23.0 Å². The lowest BCUT2D eigenvalue weighted by molar-refractivity contribution is -0.134. The third kappa shape index (κ3) is 5.63. The predicted molar refractivity (Wildman–Crippen MR) is 112 cm³/mol. The molecule has 33 heavy (non-hydrogen) atoms. The second-order valence-corrected chi connectivity index (χ2v) is 9.39. The molecule has 2 heterocycles. The summed E-state index contributed by atoms with van der Waals surface area (Å²) in [5.74, 6) is -6.00. The van der Waals surface area contributed by atoms with Gasteiger partial charge in [0.1, 0.15) is 0 Å². The summed E-state index contributed by atoms with van der Waals surface area (Å²) in [5, 5.41) is 7.18. The molecular formula is C22H29F4N5O2. The van der Waals surface area contributed by atoms with Gasteiger partial charge in [-0.2, -0.15) is 5.10 Å². The molecule has 0 saturated heterocycles. The molecule has 2 saturated carbocycles. The molecule has 0 radical (unpaired) electrons. The first-order valence-corrected chi connectivity index (χ1v) is 11.2. The number of nitrogens with two attached hydrogens (primary N) is 1. The van der Waals surface area contributed by atoms with Crippen LogP contribution in [0.15, 0.2) is 18.5 Å². The summed E-state index contributed by atoms with van der Waals surface area (Å²) >= 11 is 0. The normalized spacial score (nSPS) is 22.6. The molecule has 11 heteroatoms. The maximum absolute atomic E-state index is 13.5. The predicted octanol–water partition coefficient (Wildman–Crippen LogP) is 3.79. The lowest BCUT2D eigenvalue weighted by Gasteiger charge is -2.34. The van der Waals surface area contributed by atoms with Crippen molar-refractivity contribution in [1.29, 1.82) is 0 Å². The topological polar surface area (TPSA) is 94.5 Å². The Kier molecular flexibility index (Phi) is 6.63. The molecule has 2 aliphatic rings. The first-order chi connectivity index (χ1) is 15.5. The SMILES string of the molecule is COC[C@@H](NC(=O)CC1CC(F)(F)C1)c1cnn2cc([C@@H](N)C3CCC(F)(F)CC3)nc2c1. The van der Waals surface area contributed by atoms with Crippen molar-refractivity contribution in [3.05, 3.63) is 29.7 Å². The van der Waals surface area contributed by atoms with E-state index in [0.29, 0.717) is 29.7 Å². The van der Waals surface area contributed by atoms with E-state index < -0.39 is 23.9 Å². The number of hydrogen-bond acceptors (Lipinski definition) is 5. The number of carbonyl (C=O) groups is 1. The fourth-order valence-corrected chi connectivity index (χ4v) is 4.76. The van der Waals surface area contributed by atoms with Crippen LogP contribution in [-0.4, -0.2) is 46.1 Å². The van der Waals surface area contributed by atoms with E-state index in [2.05, 4.69) is 15.4 Å². The van der Waals surface area contributed by atoms with Gasteiger partial charge in [-0.1, -0.05) is 0 Å². The van der Waals surface area contributed by atoms with Crippen LogP contribution in [0.4, 0.5) is 17.6 Å². The number of fused-ring (bicyclic) bond motifs is 1. The Balaban J connectivity index is 1.43. The van der Waals surface area contributed by atoms with Gasteiger partial charge in [-0.3, -0.25) is 4.79 Å². The third-order valence-corrected chi connectivity index (χ3v) is 6.69. The number of alkyl halides is 4. The maximum atomic E-state index is 13.5. The molecule has 2 aromatic rings. The largest absolute Gasteiger partial charge is 0.382 e. The Labute approximate surface area is 189 Å². The van der Waals surface area contributed by atoms with Crippen LogP contribution in [0.25, 0.3) is 5.65 Å². The van der Waals surface area contributed by atoms with E-state index in [9.17, 15) is 22.4 Å². The van der Waals surface area contributed by atoms with Crippen LogP contribution < -0.4 is 11.1 Å².